The Hall–Kier alpha value is -1.15. The van der Waals surface area contributed by atoms with Crippen LogP contribution in [0.25, 0.3) is 0 Å². The van der Waals surface area contributed by atoms with Crippen molar-refractivity contribution in [3.05, 3.63) is 35.9 Å². The van der Waals surface area contributed by atoms with Crippen LogP contribution in [0.1, 0.15) is 72.7 Å². The van der Waals surface area contributed by atoms with Gasteiger partial charge in [0.05, 0.1) is 0 Å². The Labute approximate surface area is 142 Å². The minimum absolute atomic E-state index is 0.189. The molecule has 0 saturated carbocycles. The van der Waals surface area contributed by atoms with Crippen molar-refractivity contribution < 1.29 is 9.90 Å². The largest absolute Gasteiger partial charge is 0.384 e. The first-order valence-electron chi connectivity index (χ1n) is 8.45. The maximum absolute atomic E-state index is 13.1. The predicted octanol–water partition coefficient (Wildman–Crippen LogP) is 5.35. The molecule has 2 nitrogen and oxygen atoms in total. The lowest BCUT2D eigenvalue weighted by Crippen LogP contribution is -2.63. The van der Waals surface area contributed by atoms with E-state index in [1.54, 1.807) is 12.1 Å². The van der Waals surface area contributed by atoms with Gasteiger partial charge in [0, 0.05) is 11.0 Å². The lowest BCUT2D eigenvalue weighted by molar-refractivity contribution is -0.179. The van der Waals surface area contributed by atoms with Gasteiger partial charge in [-0.15, -0.1) is 0 Å². The number of Topliss-reactive ketones (excluding diaryl/α,β-unsaturated/α-hetero) is 1. The van der Waals surface area contributed by atoms with Crippen molar-refractivity contribution >= 4 is 5.78 Å². The molecule has 0 radical (unpaired) electrons. The second-order valence-corrected chi connectivity index (χ2v) is 9.69. The van der Waals surface area contributed by atoms with E-state index >= 15 is 0 Å². The third-order valence-electron chi connectivity index (χ3n) is 5.27. The van der Waals surface area contributed by atoms with Crippen molar-refractivity contribution in [1.82, 2.24) is 0 Å². The minimum atomic E-state index is -1.06. The van der Waals surface area contributed by atoms with E-state index in [9.17, 15) is 9.90 Å². The number of rotatable bonds is 3. The molecule has 0 aliphatic rings. The number of carbonyl (C=O) groups excluding carboxylic acids is 1. The van der Waals surface area contributed by atoms with Crippen LogP contribution in [0, 0.1) is 21.7 Å². The molecule has 1 rings (SSSR count). The van der Waals surface area contributed by atoms with E-state index in [4.69, 9.17) is 0 Å². The second-order valence-electron chi connectivity index (χ2n) is 9.69. The van der Waals surface area contributed by atoms with Crippen molar-refractivity contribution in [3.63, 3.8) is 0 Å². The molecular formula is C21H34O2. The van der Waals surface area contributed by atoms with E-state index < -0.39 is 11.5 Å². The molecular weight excluding hydrogens is 284 g/mol. The van der Waals surface area contributed by atoms with Gasteiger partial charge in [0.2, 0.25) is 0 Å². The number of ketones is 1. The van der Waals surface area contributed by atoms with Crippen LogP contribution in [0.5, 0.6) is 0 Å². The third kappa shape index (κ3) is 3.24. The monoisotopic (exact) mass is 318 g/mol. The smallest absolute Gasteiger partial charge is 0.191 e. The van der Waals surface area contributed by atoms with Gasteiger partial charge in [-0.1, -0.05) is 92.6 Å². The Morgan fingerprint density at radius 3 is 1.43 bits per heavy atom. The normalized spacial score (nSPS) is 15.4. The van der Waals surface area contributed by atoms with Crippen LogP contribution >= 0.6 is 0 Å². The van der Waals surface area contributed by atoms with E-state index in [2.05, 4.69) is 62.3 Å². The summed E-state index contributed by atoms with van der Waals surface area (Å²) in [6, 6.07) is 9.13. The van der Waals surface area contributed by atoms with Crippen LogP contribution < -0.4 is 0 Å². The highest BCUT2D eigenvalue weighted by Gasteiger charge is 2.63. The topological polar surface area (TPSA) is 37.3 Å². The lowest BCUT2D eigenvalue weighted by Gasteiger charge is -2.62. The van der Waals surface area contributed by atoms with Crippen molar-refractivity contribution in [2.45, 2.75) is 68.4 Å². The van der Waals surface area contributed by atoms with Crippen molar-refractivity contribution in [2.24, 2.45) is 21.7 Å². The van der Waals surface area contributed by atoms with E-state index in [1.165, 1.54) is 0 Å². The van der Waals surface area contributed by atoms with Gasteiger partial charge in [-0.3, -0.25) is 4.79 Å². The summed E-state index contributed by atoms with van der Waals surface area (Å²) >= 11 is 0. The van der Waals surface area contributed by atoms with Gasteiger partial charge in [-0.2, -0.15) is 0 Å². The second kappa shape index (κ2) is 6.05. The SMILES string of the molecule is CC(C)(C)C(C(O)C(=O)c1ccccc1)(C(C)(C)C)C(C)(C)C. The first kappa shape index (κ1) is 19.9. The summed E-state index contributed by atoms with van der Waals surface area (Å²) in [5.74, 6) is -0.189. The first-order chi connectivity index (χ1) is 10.2. The number of aliphatic hydroxyl groups is 1. The summed E-state index contributed by atoms with van der Waals surface area (Å²) in [5, 5.41) is 11.3. The third-order valence-corrected chi connectivity index (χ3v) is 5.27. The fraction of sp³-hybridized carbons (Fsp3) is 0.667. The molecule has 2 heteroatoms. The van der Waals surface area contributed by atoms with Crippen LogP contribution in [-0.4, -0.2) is 17.0 Å². The molecule has 0 aromatic heterocycles. The van der Waals surface area contributed by atoms with Gasteiger partial charge < -0.3 is 5.11 Å². The molecule has 1 aromatic carbocycles. The summed E-state index contributed by atoms with van der Waals surface area (Å²) in [7, 11) is 0. The molecule has 1 N–H and O–H groups in total. The highest BCUT2D eigenvalue weighted by atomic mass is 16.3. The number of aliphatic hydroxyl groups excluding tert-OH is 1. The predicted molar refractivity (Wildman–Crippen MR) is 97.6 cm³/mol. The zero-order valence-electron chi connectivity index (χ0n) is 16.3. The van der Waals surface area contributed by atoms with Crippen LogP contribution in [0.15, 0.2) is 30.3 Å². The average molecular weight is 319 g/mol. The molecule has 0 bridgehead atoms. The Kier molecular flexibility index (Phi) is 5.23. The van der Waals surface area contributed by atoms with Crippen LogP contribution in [-0.2, 0) is 0 Å². The molecule has 0 spiro atoms. The van der Waals surface area contributed by atoms with Crippen LogP contribution in [0.3, 0.4) is 0 Å². The summed E-state index contributed by atoms with van der Waals surface area (Å²) in [6.45, 7) is 19.2. The molecule has 0 heterocycles. The summed E-state index contributed by atoms with van der Waals surface area (Å²) in [5.41, 5.74) is -0.796. The highest BCUT2D eigenvalue weighted by Crippen LogP contribution is 2.63. The lowest BCUT2D eigenvalue weighted by atomic mass is 9.42. The summed E-state index contributed by atoms with van der Waals surface area (Å²) in [4.78, 5) is 13.1. The Morgan fingerprint density at radius 1 is 0.783 bits per heavy atom. The molecule has 0 aliphatic heterocycles. The highest BCUT2D eigenvalue weighted by molar-refractivity contribution is 6.00. The molecule has 23 heavy (non-hydrogen) atoms. The maximum Gasteiger partial charge on any atom is 0.191 e. The Balaban J connectivity index is 3.62. The maximum atomic E-state index is 13.1. The summed E-state index contributed by atoms with van der Waals surface area (Å²) in [6.07, 6.45) is -1.06. The van der Waals surface area contributed by atoms with Crippen molar-refractivity contribution in [1.29, 1.82) is 0 Å². The summed E-state index contributed by atoms with van der Waals surface area (Å²) < 4.78 is 0. The van der Waals surface area contributed by atoms with Gasteiger partial charge >= 0.3 is 0 Å². The number of carbonyl (C=O) groups is 1. The molecule has 0 saturated heterocycles. The molecule has 130 valence electrons. The van der Waals surface area contributed by atoms with Gasteiger partial charge in [-0.25, -0.2) is 0 Å². The van der Waals surface area contributed by atoms with Gasteiger partial charge in [0.1, 0.15) is 6.10 Å². The van der Waals surface area contributed by atoms with Crippen molar-refractivity contribution in [2.75, 3.05) is 0 Å². The van der Waals surface area contributed by atoms with Crippen LogP contribution in [0.2, 0.25) is 0 Å². The van der Waals surface area contributed by atoms with Gasteiger partial charge in [-0.05, 0) is 16.2 Å². The quantitative estimate of drug-likeness (QED) is 0.762. The number of hydrogen-bond acceptors (Lipinski definition) is 2. The molecule has 1 atom stereocenters. The molecule has 0 fully saturated rings. The zero-order valence-corrected chi connectivity index (χ0v) is 16.3. The first-order valence-corrected chi connectivity index (χ1v) is 8.45. The Morgan fingerprint density at radius 2 is 1.13 bits per heavy atom. The molecule has 1 aromatic rings. The van der Waals surface area contributed by atoms with Crippen molar-refractivity contribution in [3.8, 4) is 0 Å². The van der Waals surface area contributed by atoms with Gasteiger partial charge in [0.15, 0.2) is 5.78 Å². The number of benzene rings is 1. The molecule has 1 unspecified atom stereocenters. The fourth-order valence-electron chi connectivity index (χ4n) is 5.56. The Bertz CT molecular complexity index is 500. The van der Waals surface area contributed by atoms with E-state index in [1.807, 2.05) is 18.2 Å². The zero-order chi connectivity index (χ0) is 18.3. The average Bonchev–Trinajstić information content (AvgIpc) is 2.34. The molecule has 0 amide bonds. The fourth-order valence-corrected chi connectivity index (χ4v) is 5.56. The minimum Gasteiger partial charge on any atom is -0.384 e. The standard InChI is InChI=1S/C21H34O2/c1-18(2,3)21(19(4,5)6,20(7,8)9)17(23)16(22)15-13-11-10-12-14-15/h10-14,17,23H,1-9H3. The van der Waals surface area contributed by atoms with E-state index in [-0.39, 0.29) is 22.0 Å². The van der Waals surface area contributed by atoms with Gasteiger partial charge in [0.25, 0.3) is 0 Å². The van der Waals surface area contributed by atoms with E-state index in [0.29, 0.717) is 5.56 Å². The van der Waals surface area contributed by atoms with Crippen LogP contribution in [0.4, 0.5) is 0 Å². The number of hydrogen-bond donors (Lipinski definition) is 1. The van der Waals surface area contributed by atoms with E-state index in [0.717, 1.165) is 0 Å². The molecule has 0 aliphatic carbocycles.